The summed E-state index contributed by atoms with van der Waals surface area (Å²) in [6, 6.07) is 2.76. The highest BCUT2D eigenvalue weighted by Gasteiger charge is 2.47. The van der Waals surface area contributed by atoms with Crippen molar-refractivity contribution in [3.8, 4) is 5.75 Å². The highest BCUT2D eigenvalue weighted by molar-refractivity contribution is 6.33. The molecule has 0 aromatic heterocycles. The van der Waals surface area contributed by atoms with E-state index in [4.69, 9.17) is 26.2 Å². The van der Waals surface area contributed by atoms with Crippen LogP contribution in [-0.4, -0.2) is 101 Å². The maximum Gasteiger partial charge on any atom is 0.335 e. The van der Waals surface area contributed by atoms with Crippen molar-refractivity contribution in [1.82, 2.24) is 10.2 Å². The molecule has 2 rings (SSSR count). The van der Waals surface area contributed by atoms with Crippen molar-refractivity contribution < 1.29 is 39.5 Å². The summed E-state index contributed by atoms with van der Waals surface area (Å²) in [6.45, 7) is 6.91. The molecule has 32 heavy (non-hydrogen) atoms. The lowest BCUT2D eigenvalue weighted by molar-refractivity contribution is -0.221. The molecule has 2 unspecified atom stereocenters. The molecule has 0 saturated carbocycles. The van der Waals surface area contributed by atoms with Gasteiger partial charge in [-0.05, 0) is 19.2 Å². The summed E-state index contributed by atoms with van der Waals surface area (Å²) in [5.41, 5.74) is 0.353. The number of methoxy groups -OCH3 is 1. The van der Waals surface area contributed by atoms with Gasteiger partial charge in [0, 0.05) is 19.2 Å². The van der Waals surface area contributed by atoms with Crippen molar-refractivity contribution in [1.29, 1.82) is 0 Å². The van der Waals surface area contributed by atoms with Gasteiger partial charge in [0.15, 0.2) is 12.3 Å². The highest BCUT2D eigenvalue weighted by atomic mass is 35.5. The second kappa shape index (κ2) is 11.6. The van der Waals surface area contributed by atoms with Crippen LogP contribution >= 0.6 is 11.6 Å². The number of aliphatic hydroxyl groups excluding tert-OH is 3. The van der Waals surface area contributed by atoms with Gasteiger partial charge in [-0.25, -0.2) is 4.79 Å². The zero-order chi connectivity index (χ0) is 24.0. The third kappa shape index (κ3) is 6.00. The lowest BCUT2D eigenvalue weighted by atomic mass is 9.98. The molecule has 5 atom stereocenters. The van der Waals surface area contributed by atoms with Crippen LogP contribution < -0.4 is 15.4 Å². The van der Waals surface area contributed by atoms with E-state index in [1.54, 1.807) is 0 Å². The average Bonchev–Trinajstić information content (AvgIpc) is 2.77. The van der Waals surface area contributed by atoms with Crippen LogP contribution in [-0.2, 0) is 9.53 Å². The zero-order valence-corrected chi connectivity index (χ0v) is 18.9. The normalized spacial score (nSPS) is 25.4. The first kappa shape index (κ1) is 26.1. The maximum atomic E-state index is 12.6. The van der Waals surface area contributed by atoms with Crippen LogP contribution in [0.4, 0.5) is 5.69 Å². The molecule has 1 aromatic rings. The molecule has 1 aromatic carbocycles. The van der Waals surface area contributed by atoms with E-state index in [9.17, 15) is 24.9 Å². The van der Waals surface area contributed by atoms with Gasteiger partial charge in [0.1, 0.15) is 24.1 Å². The van der Waals surface area contributed by atoms with Crippen molar-refractivity contribution in [2.24, 2.45) is 0 Å². The van der Waals surface area contributed by atoms with Gasteiger partial charge in [-0.15, -0.1) is 0 Å². The smallest absolute Gasteiger partial charge is 0.335 e. The fourth-order valence-corrected chi connectivity index (χ4v) is 3.55. The molecule has 1 amide bonds. The molecule has 12 heteroatoms. The number of hydrogen-bond acceptors (Lipinski definition) is 9. The number of aliphatic carboxylic acids is 1. The number of carboxylic acid groups (broad SMARTS) is 1. The second-order valence-electron chi connectivity index (χ2n) is 7.25. The molecule has 1 fully saturated rings. The number of carbonyl (C=O) groups is 2. The molecule has 1 saturated heterocycles. The molecule has 0 radical (unpaired) electrons. The number of nitrogens with one attached hydrogen (secondary N) is 2. The maximum absolute atomic E-state index is 12.6. The lowest BCUT2D eigenvalue weighted by Gasteiger charge is -2.39. The topological polar surface area (TPSA) is 161 Å². The van der Waals surface area contributed by atoms with Crippen molar-refractivity contribution in [2.75, 3.05) is 38.6 Å². The Kier molecular flexibility index (Phi) is 9.49. The number of carboxylic acids is 1. The van der Waals surface area contributed by atoms with Crippen LogP contribution in [0.3, 0.4) is 0 Å². The van der Waals surface area contributed by atoms with Gasteiger partial charge in [-0.3, -0.25) is 4.79 Å². The number of rotatable bonds is 10. The Morgan fingerprint density at radius 2 is 1.81 bits per heavy atom. The largest absolute Gasteiger partial charge is 0.496 e. The van der Waals surface area contributed by atoms with E-state index in [2.05, 4.69) is 15.5 Å². The van der Waals surface area contributed by atoms with E-state index in [-0.39, 0.29) is 27.9 Å². The van der Waals surface area contributed by atoms with Crippen molar-refractivity contribution in [3.63, 3.8) is 0 Å². The Balaban J connectivity index is 2.17. The summed E-state index contributed by atoms with van der Waals surface area (Å²) < 4.78 is 10.5. The summed E-state index contributed by atoms with van der Waals surface area (Å²) >= 11 is 6.29. The summed E-state index contributed by atoms with van der Waals surface area (Å²) in [6.07, 6.45) is -8.38. The minimum Gasteiger partial charge on any atom is -0.496 e. The first-order valence-electron chi connectivity index (χ1n) is 10.2. The lowest BCUT2D eigenvalue weighted by Crippen LogP contribution is -2.61. The summed E-state index contributed by atoms with van der Waals surface area (Å²) in [5.74, 6) is -1.71. The van der Waals surface area contributed by atoms with Crippen LogP contribution in [0.5, 0.6) is 5.75 Å². The minimum atomic E-state index is -1.81. The van der Waals surface area contributed by atoms with Gasteiger partial charge in [0.25, 0.3) is 5.91 Å². The fraction of sp³-hybridized carbons (Fsp3) is 0.600. The van der Waals surface area contributed by atoms with Gasteiger partial charge >= 0.3 is 5.97 Å². The highest BCUT2D eigenvalue weighted by Crippen LogP contribution is 2.33. The molecule has 0 bridgehead atoms. The molecule has 1 aliphatic heterocycles. The number of ether oxygens (including phenoxy) is 2. The number of aliphatic hydroxyl groups is 3. The number of hydrogen-bond donors (Lipinski definition) is 6. The standard InChI is InChI=1S/C20H30ClN3O8/c1-4-24(5-2)7-6-22-18(28)10-8-11(21)12(9-13(10)31-3)23-19-16(27)14(25)15(26)17(32-19)20(29)30/h8-9,14-17,19,23,25-27H,4-7H2,1-3H3,(H,22,28)(H,29,30)/t14-,15-,16?,17?,19+/m0/s1. The van der Waals surface area contributed by atoms with Crippen LogP contribution in [0, 0.1) is 0 Å². The Morgan fingerprint density at radius 1 is 1.16 bits per heavy atom. The van der Waals surface area contributed by atoms with E-state index in [1.165, 1.54) is 19.2 Å². The van der Waals surface area contributed by atoms with Crippen molar-refractivity contribution >= 4 is 29.2 Å². The number of likely N-dealkylation sites (N-methyl/N-ethyl adjacent to an activating group) is 1. The van der Waals surface area contributed by atoms with Crippen LogP contribution in [0.25, 0.3) is 0 Å². The summed E-state index contributed by atoms with van der Waals surface area (Å²) in [7, 11) is 1.37. The Labute approximate surface area is 190 Å². The Bertz CT molecular complexity index is 807. The molecule has 0 aliphatic carbocycles. The molecule has 6 N–H and O–H groups in total. The molecule has 11 nitrogen and oxygen atoms in total. The van der Waals surface area contributed by atoms with Crippen molar-refractivity contribution in [3.05, 3.63) is 22.7 Å². The Morgan fingerprint density at radius 3 is 2.38 bits per heavy atom. The molecular weight excluding hydrogens is 446 g/mol. The first-order valence-corrected chi connectivity index (χ1v) is 10.6. The van der Waals surface area contributed by atoms with Crippen molar-refractivity contribution in [2.45, 2.75) is 44.5 Å². The summed E-state index contributed by atoms with van der Waals surface area (Å²) in [5, 5.41) is 44.7. The molecular formula is C20H30ClN3O8. The predicted molar refractivity (Wildman–Crippen MR) is 116 cm³/mol. The first-order chi connectivity index (χ1) is 15.1. The van der Waals surface area contributed by atoms with Crippen LogP contribution in [0.15, 0.2) is 12.1 Å². The van der Waals surface area contributed by atoms with E-state index in [0.717, 1.165) is 13.1 Å². The summed E-state index contributed by atoms with van der Waals surface area (Å²) in [4.78, 5) is 26.0. The van der Waals surface area contributed by atoms with E-state index >= 15 is 0 Å². The monoisotopic (exact) mass is 475 g/mol. The average molecular weight is 476 g/mol. The van der Waals surface area contributed by atoms with E-state index < -0.39 is 36.6 Å². The number of benzene rings is 1. The minimum absolute atomic E-state index is 0.0722. The molecule has 0 spiro atoms. The number of amides is 1. The third-order valence-corrected chi connectivity index (χ3v) is 5.61. The van der Waals surface area contributed by atoms with Gasteiger partial charge in [0.05, 0.1) is 23.4 Å². The van der Waals surface area contributed by atoms with E-state index in [0.29, 0.717) is 13.1 Å². The van der Waals surface area contributed by atoms with Gasteiger partial charge in [-0.2, -0.15) is 0 Å². The number of halogens is 1. The molecule has 1 aliphatic rings. The van der Waals surface area contributed by atoms with Crippen LogP contribution in [0.1, 0.15) is 24.2 Å². The number of carbonyl (C=O) groups excluding carboxylic acids is 1. The van der Waals surface area contributed by atoms with Gasteiger partial charge < -0.3 is 45.4 Å². The van der Waals surface area contributed by atoms with Gasteiger partial charge in [-0.1, -0.05) is 25.4 Å². The van der Waals surface area contributed by atoms with E-state index in [1.807, 2.05) is 13.8 Å². The predicted octanol–water partition coefficient (Wildman–Crippen LogP) is -0.276. The number of anilines is 1. The second-order valence-corrected chi connectivity index (χ2v) is 7.65. The molecule has 180 valence electrons. The molecule has 1 heterocycles. The SMILES string of the molecule is CCN(CC)CCNC(=O)c1cc(Cl)c(N[C@@H]2OC(C(=O)O)[C@@H](O)[C@H](O)C2O)cc1OC. The fourth-order valence-electron chi connectivity index (χ4n) is 3.33. The van der Waals surface area contributed by atoms with Gasteiger partial charge in [0.2, 0.25) is 0 Å². The third-order valence-electron chi connectivity index (χ3n) is 5.30. The quantitative estimate of drug-likeness (QED) is 0.265. The van der Waals surface area contributed by atoms with Crippen LogP contribution in [0.2, 0.25) is 5.02 Å². The zero-order valence-electron chi connectivity index (χ0n) is 18.1. The Hall–Kier alpha value is -2.15. The number of nitrogens with zero attached hydrogens (tertiary/aromatic N) is 1.